The number of hydrogen-bond acceptors (Lipinski definition) is 7. The zero-order valence-electron chi connectivity index (χ0n) is 19.1. The highest BCUT2D eigenvalue weighted by atomic mass is 16.6. The van der Waals surface area contributed by atoms with Gasteiger partial charge in [-0.2, -0.15) is 0 Å². The molecule has 33 heavy (non-hydrogen) atoms. The molecule has 3 aliphatic rings. The molecule has 1 aromatic carbocycles. The molecule has 2 N–H and O–H groups in total. The standard InChI is InChI=1S/C23H33N5O5/c1-25-16-18(33-23(31)28-9-5-6-10-28)15-19(21(29)24-32)20(25)22(30)27-13-11-26(12-14-27)17-7-3-2-4-8-17/h2-4,7-8,18-20,32H,5-6,9-16H2,1H3,(H,24,29)/t18?,19?,20-/m0/s1. The lowest BCUT2D eigenvalue weighted by atomic mass is 9.86. The van der Waals surface area contributed by atoms with Crippen LogP contribution in [-0.4, -0.2) is 103 Å². The van der Waals surface area contributed by atoms with E-state index in [-0.39, 0.29) is 18.4 Å². The summed E-state index contributed by atoms with van der Waals surface area (Å²) in [5.41, 5.74) is 2.83. The predicted molar refractivity (Wildman–Crippen MR) is 121 cm³/mol. The van der Waals surface area contributed by atoms with Gasteiger partial charge in [-0.1, -0.05) is 18.2 Å². The number of ether oxygens (including phenoxy) is 1. The highest BCUT2D eigenvalue weighted by molar-refractivity contribution is 5.90. The van der Waals surface area contributed by atoms with Crippen molar-refractivity contribution in [2.75, 3.05) is 57.8 Å². The fourth-order valence-electron chi connectivity index (χ4n) is 5.14. The van der Waals surface area contributed by atoms with Crippen molar-refractivity contribution < 1.29 is 24.3 Å². The average molecular weight is 460 g/mol. The topological polar surface area (TPSA) is 106 Å². The van der Waals surface area contributed by atoms with Gasteiger partial charge in [-0.3, -0.25) is 19.7 Å². The molecule has 0 spiro atoms. The van der Waals surface area contributed by atoms with Gasteiger partial charge in [0.15, 0.2) is 0 Å². The molecule has 10 nitrogen and oxygen atoms in total. The lowest BCUT2D eigenvalue weighted by molar-refractivity contribution is -0.152. The van der Waals surface area contributed by atoms with Crippen LogP contribution in [0.25, 0.3) is 0 Å². The van der Waals surface area contributed by atoms with Crippen LogP contribution < -0.4 is 10.4 Å². The van der Waals surface area contributed by atoms with E-state index in [2.05, 4.69) is 17.0 Å². The van der Waals surface area contributed by atoms with Crippen LogP contribution in [-0.2, 0) is 14.3 Å². The summed E-state index contributed by atoms with van der Waals surface area (Å²) < 4.78 is 5.66. The van der Waals surface area contributed by atoms with Gasteiger partial charge in [0.2, 0.25) is 11.8 Å². The quantitative estimate of drug-likeness (QED) is 0.506. The molecule has 1 aromatic rings. The summed E-state index contributed by atoms with van der Waals surface area (Å²) in [7, 11) is 1.76. The first kappa shape index (κ1) is 23.3. The molecule has 3 heterocycles. The fourth-order valence-corrected chi connectivity index (χ4v) is 5.14. The third-order valence-corrected chi connectivity index (χ3v) is 6.91. The Labute approximate surface area is 194 Å². The van der Waals surface area contributed by atoms with E-state index in [1.807, 2.05) is 18.2 Å². The molecule has 0 radical (unpaired) electrons. The van der Waals surface area contributed by atoms with Crippen LogP contribution in [0.5, 0.6) is 0 Å². The number of para-hydroxylation sites is 1. The summed E-state index contributed by atoms with van der Waals surface area (Å²) in [5.74, 6) is -1.59. The predicted octanol–water partition coefficient (Wildman–Crippen LogP) is 0.762. The Balaban J connectivity index is 1.40. The average Bonchev–Trinajstić information content (AvgIpc) is 3.39. The SMILES string of the molecule is CN1CC(OC(=O)N2CCCC2)CC(C(=O)NO)[C@H]1C(=O)N1CCN(c2ccccc2)CC1. The minimum atomic E-state index is -0.815. The third kappa shape index (κ3) is 5.22. The van der Waals surface area contributed by atoms with E-state index >= 15 is 0 Å². The summed E-state index contributed by atoms with van der Waals surface area (Å²) >= 11 is 0. The van der Waals surface area contributed by atoms with E-state index < -0.39 is 24.0 Å². The largest absolute Gasteiger partial charge is 0.445 e. The lowest BCUT2D eigenvalue weighted by Crippen LogP contribution is -2.62. The summed E-state index contributed by atoms with van der Waals surface area (Å²) in [5, 5.41) is 9.32. The van der Waals surface area contributed by atoms with Gasteiger partial charge in [-0.15, -0.1) is 0 Å². The third-order valence-electron chi connectivity index (χ3n) is 6.91. The van der Waals surface area contributed by atoms with Crippen LogP contribution in [0.3, 0.4) is 0 Å². The first-order valence-electron chi connectivity index (χ1n) is 11.7. The van der Waals surface area contributed by atoms with Crippen molar-refractivity contribution in [1.29, 1.82) is 0 Å². The van der Waals surface area contributed by atoms with Crippen molar-refractivity contribution in [2.45, 2.75) is 31.4 Å². The minimum Gasteiger partial charge on any atom is -0.445 e. The summed E-state index contributed by atoms with van der Waals surface area (Å²) in [4.78, 5) is 45.9. The van der Waals surface area contributed by atoms with Crippen LogP contribution in [0.4, 0.5) is 10.5 Å². The second-order valence-electron chi connectivity index (χ2n) is 9.05. The smallest absolute Gasteiger partial charge is 0.410 e. The molecule has 3 aliphatic heterocycles. The number of rotatable bonds is 4. The van der Waals surface area contributed by atoms with Crippen LogP contribution in [0, 0.1) is 5.92 Å². The maximum atomic E-state index is 13.5. The number of piperazine rings is 1. The number of carbonyl (C=O) groups excluding carboxylic acids is 3. The van der Waals surface area contributed by atoms with E-state index in [0.717, 1.165) is 18.5 Å². The zero-order valence-corrected chi connectivity index (χ0v) is 19.1. The van der Waals surface area contributed by atoms with Gasteiger partial charge in [-0.25, -0.2) is 10.3 Å². The Hall–Kier alpha value is -2.85. The zero-order chi connectivity index (χ0) is 23.4. The van der Waals surface area contributed by atoms with Gasteiger partial charge in [0, 0.05) is 51.5 Å². The number of nitrogens with zero attached hydrogens (tertiary/aromatic N) is 4. The van der Waals surface area contributed by atoms with Crippen LogP contribution in [0.1, 0.15) is 19.3 Å². The van der Waals surface area contributed by atoms with Crippen molar-refractivity contribution >= 4 is 23.6 Å². The maximum absolute atomic E-state index is 13.5. The first-order valence-corrected chi connectivity index (χ1v) is 11.7. The molecule has 3 atom stereocenters. The molecule has 0 bridgehead atoms. The molecule has 2 unspecified atom stereocenters. The van der Waals surface area contributed by atoms with Gasteiger partial charge < -0.3 is 19.4 Å². The van der Waals surface area contributed by atoms with Crippen molar-refractivity contribution in [3.05, 3.63) is 30.3 Å². The monoisotopic (exact) mass is 459 g/mol. The number of hydroxylamine groups is 1. The Morgan fingerprint density at radius 2 is 1.64 bits per heavy atom. The molecule has 0 aromatic heterocycles. The van der Waals surface area contributed by atoms with E-state index in [1.54, 1.807) is 27.2 Å². The maximum Gasteiger partial charge on any atom is 0.410 e. The van der Waals surface area contributed by atoms with E-state index in [0.29, 0.717) is 45.8 Å². The van der Waals surface area contributed by atoms with Gasteiger partial charge in [0.25, 0.3) is 0 Å². The molecule has 3 saturated heterocycles. The number of amides is 3. The Bertz CT molecular complexity index is 839. The van der Waals surface area contributed by atoms with Gasteiger partial charge in [0.05, 0.1) is 5.92 Å². The van der Waals surface area contributed by atoms with Crippen LogP contribution in [0.15, 0.2) is 30.3 Å². The summed E-state index contributed by atoms with van der Waals surface area (Å²) in [6, 6.07) is 9.35. The number of carbonyl (C=O) groups is 3. The molecule has 0 saturated carbocycles. The number of nitrogens with one attached hydrogen (secondary N) is 1. The Morgan fingerprint density at radius 1 is 0.970 bits per heavy atom. The first-order chi connectivity index (χ1) is 16.0. The number of likely N-dealkylation sites (N-methyl/N-ethyl adjacent to an activating group) is 1. The van der Waals surface area contributed by atoms with E-state index in [1.165, 1.54) is 0 Å². The van der Waals surface area contributed by atoms with Crippen molar-refractivity contribution in [3.63, 3.8) is 0 Å². The van der Waals surface area contributed by atoms with Crippen molar-refractivity contribution in [2.24, 2.45) is 5.92 Å². The fraction of sp³-hybridized carbons (Fsp3) is 0.609. The molecule has 4 rings (SSSR count). The van der Waals surface area contributed by atoms with Gasteiger partial charge >= 0.3 is 6.09 Å². The van der Waals surface area contributed by atoms with E-state index in [4.69, 9.17) is 4.74 Å². The molecular weight excluding hydrogens is 426 g/mol. The highest BCUT2D eigenvalue weighted by Crippen LogP contribution is 2.28. The number of piperidine rings is 1. The van der Waals surface area contributed by atoms with Crippen molar-refractivity contribution in [3.8, 4) is 0 Å². The highest BCUT2D eigenvalue weighted by Gasteiger charge is 2.45. The minimum absolute atomic E-state index is 0.136. The second kappa shape index (κ2) is 10.4. The second-order valence-corrected chi connectivity index (χ2v) is 9.05. The summed E-state index contributed by atoms with van der Waals surface area (Å²) in [6.07, 6.45) is 1.21. The van der Waals surface area contributed by atoms with Gasteiger partial charge in [-0.05, 0) is 38.4 Å². The molecule has 3 fully saturated rings. The van der Waals surface area contributed by atoms with Crippen LogP contribution >= 0.6 is 0 Å². The van der Waals surface area contributed by atoms with Crippen LogP contribution in [0.2, 0.25) is 0 Å². The molecule has 10 heteroatoms. The number of anilines is 1. The van der Waals surface area contributed by atoms with Gasteiger partial charge in [0.1, 0.15) is 12.1 Å². The van der Waals surface area contributed by atoms with E-state index in [9.17, 15) is 19.6 Å². The number of likely N-dealkylation sites (tertiary alicyclic amines) is 2. The molecule has 0 aliphatic carbocycles. The normalized spacial score (nSPS) is 26.2. The Kier molecular flexibility index (Phi) is 7.34. The van der Waals surface area contributed by atoms with Crippen molar-refractivity contribution in [1.82, 2.24) is 20.2 Å². The number of hydrogen-bond donors (Lipinski definition) is 2. The lowest BCUT2D eigenvalue weighted by Gasteiger charge is -2.44. The number of benzene rings is 1. The Morgan fingerprint density at radius 3 is 2.27 bits per heavy atom. The summed E-state index contributed by atoms with van der Waals surface area (Å²) in [6.45, 7) is 4.24. The molecular formula is C23H33N5O5. The molecule has 3 amide bonds. The molecule has 180 valence electrons.